The highest BCUT2D eigenvalue weighted by molar-refractivity contribution is 6.38. The van der Waals surface area contributed by atoms with Gasteiger partial charge in [-0.25, -0.2) is 10.2 Å². The summed E-state index contributed by atoms with van der Waals surface area (Å²) in [7, 11) is 0. The molecule has 154 valence electrons. The van der Waals surface area contributed by atoms with Crippen LogP contribution in [-0.2, 0) is 19.1 Å². The van der Waals surface area contributed by atoms with Crippen molar-refractivity contribution in [2.75, 3.05) is 13.2 Å². The molecule has 0 aromatic carbocycles. The topological polar surface area (TPSA) is 88.6 Å². The van der Waals surface area contributed by atoms with Gasteiger partial charge in [0.15, 0.2) is 6.04 Å². The minimum Gasteiger partial charge on any atom is -0.464 e. The molecule has 1 aromatic heterocycles. The maximum absolute atomic E-state index is 13.0. The van der Waals surface area contributed by atoms with Crippen LogP contribution >= 0.6 is 0 Å². The SMILES string of the molecule is CCCCOC(=O)C1C(c2cccnc2)CCNN1C(=O)C(=O)C(C)(C)CC. The van der Waals surface area contributed by atoms with E-state index in [4.69, 9.17) is 4.74 Å². The zero-order chi connectivity index (χ0) is 20.7. The first kappa shape index (κ1) is 22.0. The Morgan fingerprint density at radius 3 is 2.68 bits per heavy atom. The second-order valence-electron chi connectivity index (χ2n) is 7.80. The van der Waals surface area contributed by atoms with E-state index in [2.05, 4.69) is 10.4 Å². The van der Waals surface area contributed by atoms with Crippen molar-refractivity contribution in [1.29, 1.82) is 0 Å². The summed E-state index contributed by atoms with van der Waals surface area (Å²) in [5.74, 6) is -1.99. The van der Waals surface area contributed by atoms with Crippen molar-refractivity contribution in [3.05, 3.63) is 30.1 Å². The van der Waals surface area contributed by atoms with Crippen LogP contribution in [0.2, 0.25) is 0 Å². The second kappa shape index (κ2) is 9.78. The normalized spacial score (nSPS) is 19.9. The molecule has 7 heteroatoms. The number of hydrogen-bond acceptors (Lipinski definition) is 6. The summed E-state index contributed by atoms with van der Waals surface area (Å²) >= 11 is 0. The van der Waals surface area contributed by atoms with Gasteiger partial charge in [0.1, 0.15) is 0 Å². The van der Waals surface area contributed by atoms with Gasteiger partial charge in [-0.15, -0.1) is 0 Å². The third-order valence-electron chi connectivity index (χ3n) is 5.40. The van der Waals surface area contributed by atoms with Crippen LogP contribution in [0.4, 0.5) is 0 Å². The number of unbranched alkanes of at least 4 members (excludes halogenated alkanes) is 1. The number of hydrazine groups is 1. The van der Waals surface area contributed by atoms with Crippen LogP contribution < -0.4 is 5.43 Å². The Bertz CT molecular complexity index is 690. The van der Waals surface area contributed by atoms with Gasteiger partial charge in [0.2, 0.25) is 5.78 Å². The lowest BCUT2D eigenvalue weighted by molar-refractivity contribution is -0.165. The lowest BCUT2D eigenvalue weighted by Gasteiger charge is -2.40. The summed E-state index contributed by atoms with van der Waals surface area (Å²) in [5, 5.41) is 1.19. The summed E-state index contributed by atoms with van der Waals surface area (Å²) in [4.78, 5) is 42.9. The standard InChI is InChI=1S/C21H31N3O4/c1-5-7-13-28-20(27)17-16(15-9-8-11-22-14-15)10-12-23-24(17)19(26)18(25)21(3,4)6-2/h8-9,11,14,16-17,23H,5-7,10,12-13H2,1-4H3. The van der Waals surface area contributed by atoms with Crippen LogP contribution in [0.25, 0.3) is 0 Å². The fourth-order valence-corrected chi connectivity index (χ4v) is 3.15. The number of esters is 1. The molecule has 1 N–H and O–H groups in total. The molecule has 0 saturated carbocycles. The van der Waals surface area contributed by atoms with Crippen molar-refractivity contribution < 1.29 is 19.1 Å². The summed E-state index contributed by atoms with van der Waals surface area (Å²) in [6.07, 6.45) is 6.17. The molecule has 0 radical (unpaired) electrons. The predicted octanol–water partition coefficient (Wildman–Crippen LogP) is 2.62. The van der Waals surface area contributed by atoms with E-state index < -0.39 is 29.1 Å². The molecule has 2 atom stereocenters. The predicted molar refractivity (Wildman–Crippen MR) is 105 cm³/mol. The first-order valence-corrected chi connectivity index (χ1v) is 10.0. The maximum Gasteiger partial charge on any atom is 0.331 e. The van der Waals surface area contributed by atoms with E-state index in [-0.39, 0.29) is 5.92 Å². The molecule has 1 aliphatic rings. The van der Waals surface area contributed by atoms with Crippen molar-refractivity contribution in [3.8, 4) is 0 Å². The van der Waals surface area contributed by atoms with Crippen LogP contribution in [0.1, 0.15) is 64.9 Å². The van der Waals surface area contributed by atoms with Crippen LogP contribution in [0, 0.1) is 5.41 Å². The smallest absolute Gasteiger partial charge is 0.331 e. The minimum atomic E-state index is -0.904. The van der Waals surface area contributed by atoms with Crippen molar-refractivity contribution in [3.63, 3.8) is 0 Å². The largest absolute Gasteiger partial charge is 0.464 e. The number of ketones is 1. The maximum atomic E-state index is 13.0. The third-order valence-corrected chi connectivity index (χ3v) is 5.40. The van der Waals surface area contributed by atoms with Crippen molar-refractivity contribution in [2.45, 2.75) is 65.3 Å². The molecule has 1 saturated heterocycles. The lowest BCUT2D eigenvalue weighted by atomic mass is 9.83. The first-order valence-electron chi connectivity index (χ1n) is 10.0. The number of ether oxygens (including phenoxy) is 1. The molecule has 0 spiro atoms. The molecule has 2 heterocycles. The van der Waals surface area contributed by atoms with Gasteiger partial charge in [0.25, 0.3) is 0 Å². The van der Waals surface area contributed by atoms with E-state index in [0.29, 0.717) is 26.0 Å². The molecule has 2 rings (SSSR count). The van der Waals surface area contributed by atoms with Gasteiger partial charge in [-0.2, -0.15) is 0 Å². The first-order chi connectivity index (χ1) is 13.3. The Balaban J connectivity index is 2.34. The fraction of sp³-hybridized carbons (Fsp3) is 0.619. The molecule has 7 nitrogen and oxygen atoms in total. The van der Waals surface area contributed by atoms with Crippen LogP contribution in [0.15, 0.2) is 24.5 Å². The van der Waals surface area contributed by atoms with E-state index in [1.165, 1.54) is 5.01 Å². The fourth-order valence-electron chi connectivity index (χ4n) is 3.15. The Hall–Kier alpha value is -2.28. The molecule has 0 bridgehead atoms. The van der Waals surface area contributed by atoms with Crippen LogP contribution in [0.3, 0.4) is 0 Å². The second-order valence-corrected chi connectivity index (χ2v) is 7.80. The number of aromatic nitrogens is 1. The quantitative estimate of drug-likeness (QED) is 0.418. The molecule has 0 aliphatic carbocycles. The number of nitrogens with zero attached hydrogens (tertiary/aromatic N) is 2. The van der Waals surface area contributed by atoms with Gasteiger partial charge >= 0.3 is 11.9 Å². The molecule has 1 aliphatic heterocycles. The summed E-state index contributed by atoms with van der Waals surface area (Å²) in [5.41, 5.74) is 3.01. The average molecular weight is 389 g/mol. The van der Waals surface area contributed by atoms with Gasteiger partial charge in [-0.05, 0) is 30.9 Å². The highest BCUT2D eigenvalue weighted by atomic mass is 16.5. The van der Waals surface area contributed by atoms with Crippen LogP contribution in [0.5, 0.6) is 0 Å². The lowest BCUT2D eigenvalue weighted by Crippen LogP contribution is -2.62. The monoisotopic (exact) mass is 389 g/mol. The molecule has 2 unspecified atom stereocenters. The van der Waals surface area contributed by atoms with E-state index in [9.17, 15) is 14.4 Å². The Morgan fingerprint density at radius 1 is 1.32 bits per heavy atom. The molecular weight excluding hydrogens is 358 g/mol. The zero-order valence-electron chi connectivity index (χ0n) is 17.2. The number of Topliss-reactive ketones (excluding diaryl/α,β-unsaturated/α-hetero) is 1. The highest BCUT2D eigenvalue weighted by Crippen LogP contribution is 2.31. The molecule has 1 aromatic rings. The van der Waals surface area contributed by atoms with Gasteiger partial charge < -0.3 is 4.74 Å². The Labute approximate surface area is 166 Å². The molecule has 28 heavy (non-hydrogen) atoms. The molecular formula is C21H31N3O4. The number of carbonyl (C=O) groups excluding carboxylic acids is 3. The summed E-state index contributed by atoms with van der Waals surface area (Å²) < 4.78 is 5.44. The summed E-state index contributed by atoms with van der Waals surface area (Å²) in [6, 6.07) is 2.78. The van der Waals surface area contributed by atoms with Crippen molar-refractivity contribution in [1.82, 2.24) is 15.4 Å². The number of rotatable bonds is 8. The Morgan fingerprint density at radius 2 is 2.07 bits per heavy atom. The highest BCUT2D eigenvalue weighted by Gasteiger charge is 2.45. The van der Waals surface area contributed by atoms with Gasteiger partial charge in [0.05, 0.1) is 6.61 Å². The number of amides is 1. The van der Waals surface area contributed by atoms with Crippen molar-refractivity contribution in [2.24, 2.45) is 5.41 Å². The third kappa shape index (κ3) is 4.95. The van der Waals surface area contributed by atoms with Crippen molar-refractivity contribution >= 4 is 17.7 Å². The zero-order valence-corrected chi connectivity index (χ0v) is 17.2. The minimum absolute atomic E-state index is 0.287. The molecule has 1 fully saturated rings. The van der Waals surface area contributed by atoms with Gasteiger partial charge in [-0.1, -0.05) is 40.2 Å². The molecule has 1 amide bonds. The van der Waals surface area contributed by atoms with E-state index in [0.717, 1.165) is 18.4 Å². The van der Waals surface area contributed by atoms with Gasteiger partial charge in [0, 0.05) is 30.3 Å². The Kier molecular flexibility index (Phi) is 7.69. The van der Waals surface area contributed by atoms with E-state index in [1.54, 1.807) is 32.3 Å². The van der Waals surface area contributed by atoms with Gasteiger partial charge in [-0.3, -0.25) is 19.6 Å². The number of pyridine rings is 1. The average Bonchev–Trinajstić information content (AvgIpc) is 2.72. The van der Waals surface area contributed by atoms with E-state index >= 15 is 0 Å². The number of nitrogens with one attached hydrogen (secondary N) is 1. The number of hydrogen-bond donors (Lipinski definition) is 1. The van der Waals surface area contributed by atoms with Crippen LogP contribution in [-0.4, -0.2) is 46.8 Å². The number of carbonyl (C=O) groups is 3. The van der Waals surface area contributed by atoms with E-state index in [1.807, 2.05) is 19.9 Å². The summed E-state index contributed by atoms with van der Waals surface area (Å²) in [6.45, 7) is 8.13.